The molecular formula is C25H40O14. The minimum Gasteiger partial charge on any atom is -0.460 e. The maximum atomic E-state index is 11.0. The lowest BCUT2D eigenvalue weighted by Crippen LogP contribution is -2.30. The molecule has 0 bridgehead atoms. The van der Waals surface area contributed by atoms with Crippen LogP contribution in [0.25, 0.3) is 0 Å². The number of esters is 3. The van der Waals surface area contributed by atoms with Gasteiger partial charge in [-0.15, -0.1) is 0 Å². The Hall–Kier alpha value is -2.69. The van der Waals surface area contributed by atoms with Gasteiger partial charge in [0.25, 0.3) is 0 Å². The maximum absolute atomic E-state index is 11.0. The zero-order valence-corrected chi connectivity index (χ0v) is 22.1. The van der Waals surface area contributed by atoms with Crippen LogP contribution in [0.3, 0.4) is 0 Å². The van der Waals surface area contributed by atoms with Crippen LogP contribution in [0.4, 0.5) is 0 Å². The highest BCUT2D eigenvalue weighted by Gasteiger charge is 2.12. The van der Waals surface area contributed by atoms with Crippen LogP contribution in [-0.2, 0) is 57.0 Å². The van der Waals surface area contributed by atoms with E-state index >= 15 is 0 Å². The Morgan fingerprint density at radius 1 is 0.538 bits per heavy atom. The van der Waals surface area contributed by atoms with Gasteiger partial charge in [0.1, 0.15) is 31.5 Å². The Morgan fingerprint density at radius 3 is 1.38 bits per heavy atom. The van der Waals surface area contributed by atoms with Crippen LogP contribution >= 0.6 is 0 Å². The van der Waals surface area contributed by atoms with E-state index in [0.29, 0.717) is 0 Å². The first-order chi connectivity index (χ1) is 18.8. The summed E-state index contributed by atoms with van der Waals surface area (Å²) in [4.78, 5) is 32.9. The quantitative estimate of drug-likeness (QED) is 0.0422. The topological polar surface area (TPSA) is 175 Å². The largest absolute Gasteiger partial charge is 0.460 e. The molecule has 14 heteroatoms. The third-order valence-corrected chi connectivity index (χ3v) is 4.17. The number of aliphatic hydroxyl groups is 2. The second-order valence-electron chi connectivity index (χ2n) is 7.46. The van der Waals surface area contributed by atoms with Crippen molar-refractivity contribution >= 4 is 17.9 Å². The average molecular weight is 565 g/mol. The van der Waals surface area contributed by atoms with Gasteiger partial charge in [0, 0.05) is 18.2 Å². The van der Waals surface area contributed by atoms with Crippen LogP contribution in [0.5, 0.6) is 0 Å². The summed E-state index contributed by atoms with van der Waals surface area (Å²) in [5.74, 6) is -1.87. The predicted molar refractivity (Wildman–Crippen MR) is 134 cm³/mol. The molecule has 0 heterocycles. The van der Waals surface area contributed by atoms with Gasteiger partial charge < -0.3 is 52.8 Å². The SMILES string of the molecule is C=CC(=O)OCOCCOCC(COCCOCC(O)COC(=O)C=C)OCCOCC(O)COC(=O)C=C. The molecule has 0 saturated carbocycles. The van der Waals surface area contributed by atoms with Gasteiger partial charge in [0.15, 0.2) is 6.79 Å². The van der Waals surface area contributed by atoms with Crippen molar-refractivity contribution in [3.63, 3.8) is 0 Å². The molecule has 3 unspecified atom stereocenters. The van der Waals surface area contributed by atoms with Crippen LogP contribution in [0.2, 0.25) is 0 Å². The second-order valence-corrected chi connectivity index (χ2v) is 7.46. The number of ether oxygens (including phenoxy) is 9. The van der Waals surface area contributed by atoms with E-state index in [1.54, 1.807) is 0 Å². The predicted octanol–water partition coefficient (Wildman–Crippen LogP) is -0.678. The summed E-state index contributed by atoms with van der Waals surface area (Å²) >= 11 is 0. The Bertz CT molecular complexity index is 698. The Labute approximate surface area is 228 Å². The summed E-state index contributed by atoms with van der Waals surface area (Å²) in [6, 6.07) is 0. The van der Waals surface area contributed by atoms with Crippen molar-refractivity contribution in [1.29, 1.82) is 0 Å². The average Bonchev–Trinajstić information content (AvgIpc) is 2.94. The van der Waals surface area contributed by atoms with E-state index < -0.39 is 36.2 Å². The van der Waals surface area contributed by atoms with Gasteiger partial charge in [0.2, 0.25) is 0 Å². The van der Waals surface area contributed by atoms with Crippen molar-refractivity contribution in [3.05, 3.63) is 38.0 Å². The molecule has 0 aromatic rings. The highest BCUT2D eigenvalue weighted by atomic mass is 16.7. The fraction of sp³-hybridized carbons (Fsp3) is 0.640. The Balaban J connectivity index is 4.20. The molecule has 0 spiro atoms. The van der Waals surface area contributed by atoms with Crippen LogP contribution in [0, 0.1) is 0 Å². The van der Waals surface area contributed by atoms with Crippen molar-refractivity contribution < 1.29 is 67.2 Å². The lowest BCUT2D eigenvalue weighted by Gasteiger charge is -2.19. The fourth-order valence-corrected chi connectivity index (χ4v) is 2.31. The Morgan fingerprint density at radius 2 is 0.923 bits per heavy atom. The molecule has 0 fully saturated rings. The standard InChI is InChI=1S/C25H40O14/c1-4-23(28)37-15-20(26)13-31-7-8-33-17-22(18-34-9-10-35-19-39-25(30)6-3)36-12-11-32-14-21(27)16-38-24(29)5-2/h4-6,20-22,26-27H,1-3,7-19H2. The smallest absolute Gasteiger partial charge is 0.332 e. The lowest BCUT2D eigenvalue weighted by atomic mass is 10.4. The number of rotatable bonds is 27. The van der Waals surface area contributed by atoms with E-state index in [1.807, 2.05) is 0 Å². The molecule has 2 N–H and O–H groups in total. The fourth-order valence-electron chi connectivity index (χ4n) is 2.31. The first kappa shape index (κ1) is 36.3. The highest BCUT2D eigenvalue weighted by Crippen LogP contribution is 1.98. The summed E-state index contributed by atoms with van der Waals surface area (Å²) in [6.07, 6.45) is 0.571. The van der Waals surface area contributed by atoms with Crippen LogP contribution < -0.4 is 0 Å². The molecule has 224 valence electrons. The third-order valence-electron chi connectivity index (χ3n) is 4.17. The highest BCUT2D eigenvalue weighted by molar-refractivity contribution is 5.81. The molecular weight excluding hydrogens is 524 g/mol. The first-order valence-electron chi connectivity index (χ1n) is 12.1. The number of hydrogen-bond acceptors (Lipinski definition) is 14. The molecule has 0 aliphatic heterocycles. The summed E-state index contributed by atoms with van der Waals surface area (Å²) in [6.45, 7) is 10.4. The second kappa shape index (κ2) is 25.6. The minimum atomic E-state index is -0.991. The van der Waals surface area contributed by atoms with Gasteiger partial charge in [-0.25, -0.2) is 14.4 Å². The molecule has 0 saturated heterocycles. The van der Waals surface area contributed by atoms with Crippen LogP contribution in [0.1, 0.15) is 0 Å². The molecule has 14 nitrogen and oxygen atoms in total. The van der Waals surface area contributed by atoms with Gasteiger partial charge >= 0.3 is 17.9 Å². The number of carbonyl (C=O) groups is 3. The number of hydrogen-bond donors (Lipinski definition) is 2. The van der Waals surface area contributed by atoms with E-state index in [2.05, 4.69) is 24.5 Å². The minimum absolute atomic E-state index is 0.0467. The molecule has 39 heavy (non-hydrogen) atoms. The van der Waals surface area contributed by atoms with E-state index in [0.717, 1.165) is 18.2 Å². The van der Waals surface area contributed by atoms with Crippen LogP contribution in [0.15, 0.2) is 38.0 Å². The van der Waals surface area contributed by atoms with Crippen molar-refractivity contribution in [3.8, 4) is 0 Å². The zero-order valence-electron chi connectivity index (χ0n) is 22.1. The Kier molecular flexibility index (Phi) is 23.8. The molecule has 0 aromatic carbocycles. The molecule has 0 aliphatic rings. The van der Waals surface area contributed by atoms with Gasteiger partial charge in [-0.3, -0.25) is 0 Å². The molecule has 3 atom stereocenters. The van der Waals surface area contributed by atoms with E-state index in [1.165, 1.54) is 0 Å². The lowest BCUT2D eigenvalue weighted by molar-refractivity contribution is -0.152. The summed E-state index contributed by atoms with van der Waals surface area (Å²) < 4.78 is 46.6. The summed E-state index contributed by atoms with van der Waals surface area (Å²) in [5.41, 5.74) is 0. The molecule has 0 aromatic heterocycles. The van der Waals surface area contributed by atoms with Crippen molar-refractivity contribution in [2.24, 2.45) is 0 Å². The molecule has 0 amide bonds. The third kappa shape index (κ3) is 24.1. The molecule has 0 rings (SSSR count). The number of aliphatic hydroxyl groups excluding tert-OH is 2. The van der Waals surface area contributed by atoms with Gasteiger partial charge in [-0.05, 0) is 0 Å². The molecule has 0 radical (unpaired) electrons. The van der Waals surface area contributed by atoms with Gasteiger partial charge in [-0.1, -0.05) is 19.7 Å². The van der Waals surface area contributed by atoms with Gasteiger partial charge in [0.05, 0.1) is 66.1 Å². The van der Waals surface area contributed by atoms with Gasteiger partial charge in [-0.2, -0.15) is 0 Å². The molecule has 0 aliphatic carbocycles. The van der Waals surface area contributed by atoms with Crippen molar-refractivity contribution in [2.75, 3.05) is 86.1 Å². The maximum Gasteiger partial charge on any atom is 0.332 e. The first-order valence-corrected chi connectivity index (χ1v) is 12.1. The zero-order chi connectivity index (χ0) is 29.1. The van der Waals surface area contributed by atoms with E-state index in [4.69, 9.17) is 37.9 Å². The van der Waals surface area contributed by atoms with Crippen LogP contribution in [-0.4, -0.2) is 133 Å². The van der Waals surface area contributed by atoms with Crippen molar-refractivity contribution in [2.45, 2.75) is 18.3 Å². The summed E-state index contributed by atoms with van der Waals surface area (Å²) in [7, 11) is 0. The number of carbonyl (C=O) groups excluding carboxylic acids is 3. The normalized spacial score (nSPS) is 13.1. The summed E-state index contributed by atoms with van der Waals surface area (Å²) in [5, 5.41) is 19.4. The van der Waals surface area contributed by atoms with Crippen molar-refractivity contribution in [1.82, 2.24) is 0 Å². The monoisotopic (exact) mass is 564 g/mol. The van der Waals surface area contributed by atoms with E-state index in [9.17, 15) is 24.6 Å². The van der Waals surface area contributed by atoms with E-state index in [-0.39, 0.29) is 86.1 Å².